The molecule has 1 aliphatic rings. The average Bonchev–Trinajstić information content (AvgIpc) is 2.69. The van der Waals surface area contributed by atoms with Gasteiger partial charge in [0.2, 0.25) is 0 Å². The number of hydrogen-bond donors (Lipinski definition) is 1. The molecule has 21 heavy (non-hydrogen) atoms. The van der Waals surface area contributed by atoms with Crippen LogP contribution in [0.25, 0.3) is 0 Å². The third-order valence-corrected chi connectivity index (χ3v) is 4.57. The van der Waals surface area contributed by atoms with Crippen molar-refractivity contribution in [2.75, 3.05) is 6.61 Å². The summed E-state index contributed by atoms with van der Waals surface area (Å²) in [5.74, 6) is -4.13. The highest BCUT2D eigenvalue weighted by atomic mass is 32.1. The molecular weight excluding hydrogens is 308 g/mol. The van der Waals surface area contributed by atoms with Gasteiger partial charge in [-0.1, -0.05) is 13.8 Å². The zero-order valence-corrected chi connectivity index (χ0v) is 12.7. The Labute approximate surface area is 124 Å². The summed E-state index contributed by atoms with van der Waals surface area (Å²) in [7, 11) is 0. The highest BCUT2D eigenvalue weighted by Gasteiger charge is 2.41. The predicted molar refractivity (Wildman–Crippen MR) is 71.8 cm³/mol. The largest absolute Gasteiger partial charge is 0.368 e. The Hall–Kier alpha value is -0.730. The van der Waals surface area contributed by atoms with Crippen LogP contribution in [0.2, 0.25) is 0 Å². The Bertz CT molecular complexity index is 504. The van der Waals surface area contributed by atoms with Crippen LogP contribution in [0, 0.1) is 5.41 Å². The van der Waals surface area contributed by atoms with Crippen molar-refractivity contribution in [2.24, 2.45) is 11.1 Å². The minimum absolute atomic E-state index is 0.0430. The van der Waals surface area contributed by atoms with E-state index in [0.29, 0.717) is 5.01 Å². The van der Waals surface area contributed by atoms with Crippen molar-refractivity contribution >= 4 is 11.3 Å². The van der Waals surface area contributed by atoms with E-state index in [-0.39, 0.29) is 18.1 Å². The molecule has 1 aliphatic carbocycles. The third-order valence-electron chi connectivity index (χ3n) is 3.37. The van der Waals surface area contributed by atoms with E-state index in [0.717, 1.165) is 23.4 Å². The molecule has 0 radical (unpaired) electrons. The van der Waals surface area contributed by atoms with Crippen LogP contribution >= 0.6 is 11.3 Å². The number of thiazole rings is 1. The summed E-state index contributed by atoms with van der Waals surface area (Å²) < 4.78 is 54.1. The maximum atomic E-state index is 12.7. The van der Waals surface area contributed by atoms with Crippen molar-refractivity contribution in [3.63, 3.8) is 0 Å². The summed E-state index contributed by atoms with van der Waals surface area (Å²) in [5, 5.41) is 0.498. The predicted octanol–water partition coefficient (Wildman–Crippen LogP) is 3.53. The molecule has 2 rings (SSSR count). The molecule has 0 amide bonds. The molecule has 0 bridgehead atoms. The first-order chi connectivity index (χ1) is 9.61. The second-order valence-corrected chi connectivity index (χ2v) is 7.24. The summed E-state index contributed by atoms with van der Waals surface area (Å²) >= 11 is 1.31. The van der Waals surface area contributed by atoms with Crippen molar-refractivity contribution in [3.8, 4) is 0 Å². The maximum Gasteiger partial charge on any atom is 0.330 e. The Morgan fingerprint density at radius 1 is 1.48 bits per heavy atom. The van der Waals surface area contributed by atoms with Gasteiger partial charge in [0.15, 0.2) is 0 Å². The van der Waals surface area contributed by atoms with E-state index >= 15 is 0 Å². The number of nitrogens with two attached hydrogens (primary N) is 1. The number of alkyl halides is 4. The van der Waals surface area contributed by atoms with Crippen LogP contribution in [0.4, 0.5) is 17.6 Å². The zero-order chi connectivity index (χ0) is 15.8. The van der Waals surface area contributed by atoms with Gasteiger partial charge in [-0.2, -0.15) is 8.78 Å². The van der Waals surface area contributed by atoms with Crippen LogP contribution in [0.5, 0.6) is 0 Å². The molecule has 3 nitrogen and oxygen atoms in total. The number of rotatable bonds is 5. The molecule has 0 saturated heterocycles. The highest BCUT2D eigenvalue weighted by Crippen LogP contribution is 2.41. The summed E-state index contributed by atoms with van der Waals surface area (Å²) in [6, 6.07) is -0.127. The van der Waals surface area contributed by atoms with Gasteiger partial charge in [0.05, 0.1) is 12.3 Å². The Morgan fingerprint density at radius 3 is 2.76 bits per heavy atom. The van der Waals surface area contributed by atoms with Crippen LogP contribution in [-0.2, 0) is 17.8 Å². The molecule has 1 atom stereocenters. The standard InChI is InChI=1S/C13H18F4N2OS/c1-12(2)3-7(18)10-8(4-12)19-9(21-10)5-20-6-13(16,17)11(14)15/h7,11H,3-6,18H2,1-2H3. The van der Waals surface area contributed by atoms with E-state index in [1.165, 1.54) is 11.3 Å². The summed E-state index contributed by atoms with van der Waals surface area (Å²) in [4.78, 5) is 5.28. The van der Waals surface area contributed by atoms with Gasteiger partial charge >= 0.3 is 12.3 Å². The molecule has 8 heteroatoms. The molecular formula is C13H18F4N2OS. The normalized spacial score (nSPS) is 21.6. The molecule has 120 valence electrons. The molecule has 1 heterocycles. The van der Waals surface area contributed by atoms with Gasteiger partial charge in [-0.3, -0.25) is 0 Å². The van der Waals surface area contributed by atoms with Crippen LogP contribution < -0.4 is 5.73 Å². The van der Waals surface area contributed by atoms with Crippen molar-refractivity contribution < 1.29 is 22.3 Å². The average molecular weight is 326 g/mol. The highest BCUT2D eigenvalue weighted by molar-refractivity contribution is 7.11. The Morgan fingerprint density at radius 2 is 2.14 bits per heavy atom. The van der Waals surface area contributed by atoms with Gasteiger partial charge in [0.1, 0.15) is 11.6 Å². The first kappa shape index (κ1) is 16.6. The molecule has 0 aromatic carbocycles. The lowest BCUT2D eigenvalue weighted by atomic mass is 9.77. The molecule has 0 spiro atoms. The Balaban J connectivity index is 1.98. The molecule has 2 N–H and O–H groups in total. The Kier molecular flexibility index (Phi) is 4.60. The second kappa shape index (κ2) is 5.81. The third kappa shape index (κ3) is 3.92. The van der Waals surface area contributed by atoms with Crippen LogP contribution in [-0.4, -0.2) is 23.9 Å². The van der Waals surface area contributed by atoms with Crippen LogP contribution in [0.1, 0.15) is 41.9 Å². The monoisotopic (exact) mass is 326 g/mol. The smallest absolute Gasteiger partial charge is 0.330 e. The lowest BCUT2D eigenvalue weighted by Crippen LogP contribution is -2.32. The fraction of sp³-hybridized carbons (Fsp3) is 0.769. The molecule has 1 aromatic heterocycles. The van der Waals surface area contributed by atoms with Crippen LogP contribution in [0.15, 0.2) is 0 Å². The van der Waals surface area contributed by atoms with Gasteiger partial charge in [0, 0.05) is 10.9 Å². The van der Waals surface area contributed by atoms with Crippen molar-refractivity contribution in [3.05, 3.63) is 15.6 Å². The van der Waals surface area contributed by atoms with Gasteiger partial charge in [0.25, 0.3) is 0 Å². The van der Waals surface area contributed by atoms with Crippen molar-refractivity contribution in [1.82, 2.24) is 4.98 Å². The second-order valence-electron chi connectivity index (χ2n) is 6.12. The SMILES string of the molecule is CC1(C)Cc2nc(COCC(F)(F)C(F)F)sc2C(N)C1. The zero-order valence-electron chi connectivity index (χ0n) is 11.8. The topological polar surface area (TPSA) is 48.1 Å². The van der Waals surface area contributed by atoms with E-state index in [1.807, 2.05) is 0 Å². The number of halogens is 4. The van der Waals surface area contributed by atoms with E-state index in [9.17, 15) is 17.6 Å². The lowest BCUT2D eigenvalue weighted by Gasteiger charge is -2.32. The first-order valence-corrected chi connectivity index (χ1v) is 7.40. The molecule has 0 aliphatic heterocycles. The van der Waals surface area contributed by atoms with E-state index in [2.05, 4.69) is 23.6 Å². The van der Waals surface area contributed by atoms with Gasteiger partial charge < -0.3 is 10.5 Å². The number of nitrogens with zero attached hydrogens (tertiary/aromatic N) is 1. The van der Waals surface area contributed by atoms with Gasteiger partial charge in [-0.05, 0) is 18.3 Å². The van der Waals surface area contributed by atoms with Gasteiger partial charge in [-0.25, -0.2) is 13.8 Å². The minimum Gasteiger partial charge on any atom is -0.368 e. The fourth-order valence-corrected chi connectivity index (χ4v) is 3.47. The fourth-order valence-electron chi connectivity index (χ4n) is 2.44. The molecule has 0 fully saturated rings. The van der Waals surface area contributed by atoms with Gasteiger partial charge in [-0.15, -0.1) is 11.3 Å². The first-order valence-electron chi connectivity index (χ1n) is 6.58. The van der Waals surface area contributed by atoms with E-state index < -0.39 is 19.0 Å². The summed E-state index contributed by atoms with van der Waals surface area (Å²) in [6.07, 6.45) is -2.14. The van der Waals surface area contributed by atoms with Crippen molar-refractivity contribution in [1.29, 1.82) is 0 Å². The number of aromatic nitrogens is 1. The van der Waals surface area contributed by atoms with E-state index in [1.54, 1.807) is 0 Å². The summed E-state index contributed by atoms with van der Waals surface area (Å²) in [5.41, 5.74) is 6.99. The van der Waals surface area contributed by atoms with Crippen molar-refractivity contribution in [2.45, 2.75) is 51.7 Å². The number of fused-ring (bicyclic) bond motifs is 1. The molecule has 1 aromatic rings. The number of hydrogen-bond acceptors (Lipinski definition) is 4. The van der Waals surface area contributed by atoms with Crippen LogP contribution in [0.3, 0.4) is 0 Å². The van der Waals surface area contributed by atoms with E-state index in [4.69, 9.17) is 5.73 Å². The number of ether oxygens (including phenoxy) is 1. The quantitative estimate of drug-likeness (QED) is 0.842. The minimum atomic E-state index is -4.13. The molecule has 0 saturated carbocycles. The maximum absolute atomic E-state index is 12.7. The summed E-state index contributed by atoms with van der Waals surface area (Å²) in [6.45, 7) is 2.67. The molecule has 1 unspecified atom stereocenters. The lowest BCUT2D eigenvalue weighted by molar-refractivity contribution is -0.168.